The van der Waals surface area contributed by atoms with Crippen LogP contribution in [-0.2, 0) is 23.3 Å². The van der Waals surface area contributed by atoms with Gasteiger partial charge < -0.3 is 10.6 Å². The minimum atomic E-state index is 0.00674. The molecule has 2 aromatic rings. The lowest BCUT2D eigenvalue weighted by molar-refractivity contribution is -0.116. The summed E-state index contributed by atoms with van der Waals surface area (Å²) in [6.45, 7) is 9.38. The van der Waals surface area contributed by atoms with E-state index in [9.17, 15) is 4.79 Å². The molecule has 1 atom stereocenters. The molecule has 0 spiro atoms. The Morgan fingerprint density at radius 3 is 2.83 bits per heavy atom. The lowest BCUT2D eigenvalue weighted by atomic mass is 9.98. The normalized spacial score (nSPS) is 15.8. The Labute approximate surface area is 143 Å². The fourth-order valence-corrected chi connectivity index (χ4v) is 2.88. The first-order chi connectivity index (χ1) is 11.3. The zero-order chi connectivity index (χ0) is 17.3. The zero-order valence-corrected chi connectivity index (χ0v) is 14.9. The summed E-state index contributed by atoms with van der Waals surface area (Å²) in [5.74, 6) is 0.109. The van der Waals surface area contributed by atoms with E-state index < -0.39 is 0 Å². The first-order valence-corrected chi connectivity index (χ1v) is 8.53. The number of carbonyl (C=O) groups excluding carboxylic acids is 1. The largest absolute Gasteiger partial charge is 0.326 e. The van der Waals surface area contributed by atoms with Crippen molar-refractivity contribution in [1.82, 2.24) is 15.1 Å². The summed E-state index contributed by atoms with van der Waals surface area (Å²) in [4.78, 5) is 11.4. The molecule has 0 fully saturated rings. The van der Waals surface area contributed by atoms with E-state index in [0.29, 0.717) is 6.42 Å². The highest BCUT2D eigenvalue weighted by Gasteiger charge is 2.17. The zero-order valence-electron chi connectivity index (χ0n) is 14.9. The molecular formula is C19H26N4O. The molecule has 0 aliphatic carbocycles. The number of aromatic nitrogens is 2. The van der Waals surface area contributed by atoms with Crippen molar-refractivity contribution in [3.63, 3.8) is 0 Å². The van der Waals surface area contributed by atoms with Gasteiger partial charge in [-0.15, -0.1) is 0 Å². The van der Waals surface area contributed by atoms with E-state index in [1.54, 1.807) is 0 Å². The molecule has 3 rings (SSSR count). The Kier molecular flexibility index (Phi) is 4.45. The van der Waals surface area contributed by atoms with Crippen LogP contribution in [0.3, 0.4) is 0 Å². The van der Waals surface area contributed by atoms with E-state index >= 15 is 0 Å². The first kappa shape index (κ1) is 16.7. The van der Waals surface area contributed by atoms with Crippen LogP contribution in [0.5, 0.6) is 0 Å². The van der Waals surface area contributed by atoms with Crippen molar-refractivity contribution < 1.29 is 4.79 Å². The number of anilines is 1. The van der Waals surface area contributed by atoms with Crippen LogP contribution in [0.2, 0.25) is 0 Å². The van der Waals surface area contributed by atoms with E-state index in [1.807, 2.05) is 16.9 Å². The third-order valence-corrected chi connectivity index (χ3v) is 4.46. The van der Waals surface area contributed by atoms with Gasteiger partial charge in [-0.2, -0.15) is 5.10 Å². The highest BCUT2D eigenvalue weighted by atomic mass is 16.1. The van der Waals surface area contributed by atoms with E-state index in [1.165, 1.54) is 16.7 Å². The molecule has 1 aliphatic rings. The van der Waals surface area contributed by atoms with E-state index in [4.69, 9.17) is 0 Å². The molecule has 24 heavy (non-hydrogen) atoms. The van der Waals surface area contributed by atoms with E-state index in [-0.39, 0.29) is 17.5 Å². The number of carbonyl (C=O) groups is 1. The average Bonchev–Trinajstić information content (AvgIpc) is 3.01. The maximum absolute atomic E-state index is 11.4. The Morgan fingerprint density at radius 2 is 2.12 bits per heavy atom. The Balaban J connectivity index is 1.64. The molecule has 0 radical (unpaired) electrons. The van der Waals surface area contributed by atoms with Crippen LogP contribution < -0.4 is 10.6 Å². The van der Waals surface area contributed by atoms with E-state index in [2.05, 4.69) is 61.8 Å². The van der Waals surface area contributed by atoms with Crippen LogP contribution in [0.15, 0.2) is 30.6 Å². The number of nitrogens with zero attached hydrogens (tertiary/aromatic N) is 2. The van der Waals surface area contributed by atoms with Crippen LogP contribution in [0.25, 0.3) is 0 Å². The highest BCUT2D eigenvalue weighted by molar-refractivity contribution is 5.93. The van der Waals surface area contributed by atoms with Gasteiger partial charge in [0.1, 0.15) is 0 Å². The molecule has 5 heteroatoms. The highest BCUT2D eigenvalue weighted by Crippen LogP contribution is 2.26. The molecule has 2 N–H and O–H groups in total. The Morgan fingerprint density at radius 1 is 1.33 bits per heavy atom. The maximum atomic E-state index is 11.4. The molecule has 1 aromatic heterocycles. The number of hydrogen-bond donors (Lipinski definition) is 2. The third-order valence-electron chi connectivity index (χ3n) is 4.46. The van der Waals surface area contributed by atoms with Crippen molar-refractivity contribution in [1.29, 1.82) is 0 Å². The second kappa shape index (κ2) is 6.40. The maximum Gasteiger partial charge on any atom is 0.224 e. The van der Waals surface area contributed by atoms with Crippen molar-refractivity contribution in [2.75, 3.05) is 5.32 Å². The van der Waals surface area contributed by atoms with Gasteiger partial charge in [-0.3, -0.25) is 9.48 Å². The quantitative estimate of drug-likeness (QED) is 0.905. The second-order valence-electron chi connectivity index (χ2n) is 7.53. The SMILES string of the molecule is C[C@@H](NCc1cnn(C(C)(C)C)c1)c1ccc2c(c1)CCC(=O)N2. The lowest BCUT2D eigenvalue weighted by Gasteiger charge is -2.20. The number of aryl methyl sites for hydroxylation is 1. The van der Waals surface area contributed by atoms with Gasteiger partial charge in [-0.25, -0.2) is 0 Å². The fraction of sp³-hybridized carbons (Fsp3) is 0.474. The summed E-state index contributed by atoms with van der Waals surface area (Å²) < 4.78 is 2.00. The van der Waals surface area contributed by atoms with Crippen molar-refractivity contribution in [3.8, 4) is 0 Å². The number of nitrogens with one attached hydrogen (secondary N) is 2. The topological polar surface area (TPSA) is 59.0 Å². The molecule has 1 aromatic carbocycles. The minimum Gasteiger partial charge on any atom is -0.326 e. The summed E-state index contributed by atoms with van der Waals surface area (Å²) in [6, 6.07) is 6.54. The summed E-state index contributed by atoms with van der Waals surface area (Å²) in [5.41, 5.74) is 4.61. The van der Waals surface area contributed by atoms with Crippen LogP contribution >= 0.6 is 0 Å². The van der Waals surface area contributed by atoms with Crippen molar-refractivity contribution in [2.45, 2.75) is 58.7 Å². The molecule has 0 saturated heterocycles. The smallest absolute Gasteiger partial charge is 0.224 e. The summed E-state index contributed by atoms with van der Waals surface area (Å²) in [6.07, 6.45) is 5.42. The molecule has 2 heterocycles. The van der Waals surface area contributed by atoms with Crippen LogP contribution in [0, 0.1) is 0 Å². The molecule has 1 aliphatic heterocycles. The summed E-state index contributed by atoms with van der Waals surface area (Å²) in [7, 11) is 0. The number of rotatable bonds is 4. The third kappa shape index (κ3) is 3.67. The number of amides is 1. The van der Waals surface area contributed by atoms with Crippen LogP contribution in [0.1, 0.15) is 56.8 Å². The van der Waals surface area contributed by atoms with Crippen molar-refractivity contribution in [2.24, 2.45) is 0 Å². The van der Waals surface area contributed by atoms with Crippen LogP contribution in [-0.4, -0.2) is 15.7 Å². The lowest BCUT2D eigenvalue weighted by Crippen LogP contribution is -2.22. The van der Waals surface area contributed by atoms with Crippen molar-refractivity contribution >= 4 is 11.6 Å². The van der Waals surface area contributed by atoms with Gasteiger partial charge in [-0.05, 0) is 51.3 Å². The van der Waals surface area contributed by atoms with E-state index in [0.717, 1.165) is 18.7 Å². The first-order valence-electron chi connectivity index (χ1n) is 8.53. The Hall–Kier alpha value is -2.14. The van der Waals surface area contributed by atoms with Crippen LogP contribution in [0.4, 0.5) is 5.69 Å². The summed E-state index contributed by atoms with van der Waals surface area (Å²) in [5, 5.41) is 10.9. The number of fused-ring (bicyclic) bond motifs is 1. The van der Waals surface area contributed by atoms with Gasteiger partial charge in [-0.1, -0.05) is 12.1 Å². The summed E-state index contributed by atoms with van der Waals surface area (Å²) >= 11 is 0. The minimum absolute atomic E-state index is 0.00674. The van der Waals surface area contributed by atoms with Gasteiger partial charge in [0.25, 0.3) is 0 Å². The number of hydrogen-bond acceptors (Lipinski definition) is 3. The molecule has 5 nitrogen and oxygen atoms in total. The Bertz CT molecular complexity index is 742. The van der Waals surface area contributed by atoms with Gasteiger partial charge in [0.2, 0.25) is 5.91 Å². The standard InChI is InChI=1S/C19H26N4O/c1-13(20-10-14-11-21-23(12-14)19(2,3)4)15-5-7-17-16(9-15)6-8-18(24)22-17/h5,7,9,11-13,20H,6,8,10H2,1-4H3,(H,22,24)/t13-/m1/s1. The van der Waals surface area contributed by atoms with Gasteiger partial charge in [0.05, 0.1) is 11.7 Å². The van der Waals surface area contributed by atoms with Gasteiger partial charge in [0.15, 0.2) is 0 Å². The molecule has 0 bridgehead atoms. The molecule has 128 valence electrons. The number of benzene rings is 1. The van der Waals surface area contributed by atoms with Gasteiger partial charge in [0, 0.05) is 36.5 Å². The molecular weight excluding hydrogens is 300 g/mol. The fourth-order valence-electron chi connectivity index (χ4n) is 2.88. The molecule has 0 unspecified atom stereocenters. The second-order valence-corrected chi connectivity index (χ2v) is 7.53. The molecule has 1 amide bonds. The average molecular weight is 326 g/mol. The molecule has 0 saturated carbocycles. The monoisotopic (exact) mass is 326 g/mol. The van der Waals surface area contributed by atoms with Gasteiger partial charge >= 0.3 is 0 Å². The predicted octanol–water partition coefficient (Wildman–Crippen LogP) is 3.37. The van der Waals surface area contributed by atoms with Crippen molar-refractivity contribution in [3.05, 3.63) is 47.3 Å². The predicted molar refractivity (Wildman–Crippen MR) is 95.9 cm³/mol.